The molecule has 18 heavy (non-hydrogen) atoms. The Bertz CT molecular complexity index is 380. The molecule has 0 radical (unpaired) electrons. The van der Waals surface area contributed by atoms with E-state index in [2.05, 4.69) is 5.32 Å². The first kappa shape index (κ1) is 15.0. The van der Waals surface area contributed by atoms with Crippen molar-refractivity contribution in [2.24, 2.45) is 0 Å². The molecule has 0 aromatic heterocycles. The van der Waals surface area contributed by atoms with E-state index in [4.69, 9.17) is 16.7 Å². The molecular formula is C13H18ClNO3. The summed E-state index contributed by atoms with van der Waals surface area (Å²) in [6, 6.07) is 6.63. The summed E-state index contributed by atoms with van der Waals surface area (Å²) >= 11 is 5.74. The van der Waals surface area contributed by atoms with Crippen LogP contribution in [0.2, 0.25) is 5.02 Å². The predicted molar refractivity (Wildman–Crippen MR) is 70.3 cm³/mol. The zero-order valence-corrected chi connectivity index (χ0v) is 11.0. The van der Waals surface area contributed by atoms with Crippen LogP contribution < -0.4 is 5.32 Å². The van der Waals surface area contributed by atoms with Gasteiger partial charge < -0.3 is 15.5 Å². The Hall–Kier alpha value is -1.10. The maximum atomic E-state index is 11.6. The van der Waals surface area contributed by atoms with Crippen LogP contribution in [0.25, 0.3) is 0 Å². The number of carbonyl (C=O) groups excluding carboxylic acids is 1. The molecule has 3 N–H and O–H groups in total. The summed E-state index contributed by atoms with van der Waals surface area (Å²) in [6.07, 6.45) is -0.344. The standard InChI is InChI=1S/C13H18ClNO3/c1-9(6-7-16)15-13(18)8-12(17)10-2-4-11(14)5-3-10/h2-5,9,12,16-17H,6-8H2,1H3,(H,15,18). The molecular weight excluding hydrogens is 254 g/mol. The highest BCUT2D eigenvalue weighted by atomic mass is 35.5. The van der Waals surface area contributed by atoms with E-state index < -0.39 is 6.10 Å². The smallest absolute Gasteiger partial charge is 0.223 e. The molecule has 1 amide bonds. The third-order valence-electron chi connectivity index (χ3n) is 2.60. The quantitative estimate of drug-likeness (QED) is 0.737. The molecule has 0 bridgehead atoms. The zero-order chi connectivity index (χ0) is 13.5. The average molecular weight is 272 g/mol. The number of rotatable bonds is 6. The molecule has 1 rings (SSSR count). The third-order valence-corrected chi connectivity index (χ3v) is 2.85. The topological polar surface area (TPSA) is 69.6 Å². The van der Waals surface area contributed by atoms with Crippen LogP contribution in [0, 0.1) is 0 Å². The molecule has 5 heteroatoms. The molecule has 0 aliphatic carbocycles. The maximum absolute atomic E-state index is 11.6. The summed E-state index contributed by atoms with van der Waals surface area (Å²) in [5, 5.41) is 21.9. The molecule has 0 spiro atoms. The van der Waals surface area contributed by atoms with Crippen LogP contribution in [0.5, 0.6) is 0 Å². The molecule has 2 atom stereocenters. The number of amides is 1. The number of aliphatic hydroxyl groups is 2. The summed E-state index contributed by atoms with van der Waals surface area (Å²) < 4.78 is 0. The molecule has 0 aliphatic rings. The lowest BCUT2D eigenvalue weighted by atomic mass is 10.1. The Morgan fingerprint density at radius 1 is 1.39 bits per heavy atom. The number of hydrogen-bond donors (Lipinski definition) is 3. The van der Waals surface area contributed by atoms with E-state index in [0.717, 1.165) is 0 Å². The summed E-state index contributed by atoms with van der Waals surface area (Å²) in [5.41, 5.74) is 0.657. The highest BCUT2D eigenvalue weighted by molar-refractivity contribution is 6.30. The van der Waals surface area contributed by atoms with Gasteiger partial charge in [-0.1, -0.05) is 23.7 Å². The molecule has 1 aromatic rings. The molecule has 4 nitrogen and oxygen atoms in total. The van der Waals surface area contributed by atoms with Crippen molar-refractivity contribution in [2.75, 3.05) is 6.61 Å². The van der Waals surface area contributed by atoms with E-state index in [0.29, 0.717) is 17.0 Å². The molecule has 0 aliphatic heterocycles. The van der Waals surface area contributed by atoms with Crippen molar-refractivity contribution >= 4 is 17.5 Å². The molecule has 0 saturated heterocycles. The van der Waals surface area contributed by atoms with Crippen LogP contribution in [0.4, 0.5) is 0 Å². The molecule has 0 fully saturated rings. The first-order valence-electron chi connectivity index (χ1n) is 5.86. The Balaban J connectivity index is 2.46. The minimum atomic E-state index is -0.844. The second-order valence-electron chi connectivity index (χ2n) is 4.25. The number of nitrogens with one attached hydrogen (secondary N) is 1. The lowest BCUT2D eigenvalue weighted by Gasteiger charge is -2.15. The van der Waals surface area contributed by atoms with E-state index in [1.54, 1.807) is 24.3 Å². The van der Waals surface area contributed by atoms with E-state index in [1.165, 1.54) is 0 Å². The predicted octanol–water partition coefficient (Wildman–Crippen LogP) is 1.65. The van der Waals surface area contributed by atoms with Crippen molar-refractivity contribution in [3.8, 4) is 0 Å². The fourth-order valence-corrected chi connectivity index (χ4v) is 1.70. The number of hydrogen-bond acceptors (Lipinski definition) is 3. The summed E-state index contributed by atoms with van der Waals surface area (Å²) in [6.45, 7) is 1.84. The van der Waals surface area contributed by atoms with Crippen LogP contribution in [0.3, 0.4) is 0 Å². The SMILES string of the molecule is CC(CCO)NC(=O)CC(O)c1ccc(Cl)cc1. The number of carbonyl (C=O) groups is 1. The average Bonchev–Trinajstić information content (AvgIpc) is 2.29. The monoisotopic (exact) mass is 271 g/mol. The number of benzene rings is 1. The normalized spacial score (nSPS) is 14.0. The minimum Gasteiger partial charge on any atom is -0.396 e. The van der Waals surface area contributed by atoms with Gasteiger partial charge in [0.05, 0.1) is 12.5 Å². The Labute approximate surface area is 112 Å². The van der Waals surface area contributed by atoms with Crippen LogP contribution in [0.15, 0.2) is 24.3 Å². The van der Waals surface area contributed by atoms with Gasteiger partial charge in [0.1, 0.15) is 0 Å². The fourth-order valence-electron chi connectivity index (χ4n) is 1.58. The zero-order valence-electron chi connectivity index (χ0n) is 10.3. The second kappa shape index (κ2) is 7.36. The van der Waals surface area contributed by atoms with Gasteiger partial charge in [-0.3, -0.25) is 4.79 Å². The molecule has 1 aromatic carbocycles. The van der Waals surface area contributed by atoms with Gasteiger partial charge in [0.25, 0.3) is 0 Å². The van der Waals surface area contributed by atoms with Gasteiger partial charge >= 0.3 is 0 Å². The van der Waals surface area contributed by atoms with Crippen LogP contribution in [-0.2, 0) is 4.79 Å². The van der Waals surface area contributed by atoms with Crippen molar-refractivity contribution in [1.82, 2.24) is 5.32 Å². The largest absolute Gasteiger partial charge is 0.396 e. The van der Waals surface area contributed by atoms with Crippen molar-refractivity contribution in [3.63, 3.8) is 0 Å². The van der Waals surface area contributed by atoms with Gasteiger partial charge in [0.2, 0.25) is 5.91 Å². The first-order chi connectivity index (χ1) is 8.52. The second-order valence-corrected chi connectivity index (χ2v) is 4.69. The lowest BCUT2D eigenvalue weighted by Crippen LogP contribution is -2.34. The highest BCUT2D eigenvalue weighted by Gasteiger charge is 2.14. The summed E-state index contributed by atoms with van der Waals surface area (Å²) in [7, 11) is 0. The van der Waals surface area contributed by atoms with E-state index in [9.17, 15) is 9.90 Å². The van der Waals surface area contributed by atoms with Gasteiger partial charge in [0, 0.05) is 17.7 Å². The molecule has 0 heterocycles. The van der Waals surface area contributed by atoms with Gasteiger partial charge in [-0.2, -0.15) is 0 Å². The lowest BCUT2D eigenvalue weighted by molar-refractivity contribution is -0.123. The highest BCUT2D eigenvalue weighted by Crippen LogP contribution is 2.19. The van der Waals surface area contributed by atoms with Crippen molar-refractivity contribution in [3.05, 3.63) is 34.9 Å². The minimum absolute atomic E-state index is 0.00258. The van der Waals surface area contributed by atoms with Crippen LogP contribution in [0.1, 0.15) is 31.4 Å². The van der Waals surface area contributed by atoms with Crippen LogP contribution in [-0.4, -0.2) is 28.8 Å². The van der Waals surface area contributed by atoms with Crippen molar-refractivity contribution in [1.29, 1.82) is 0 Å². The molecule has 100 valence electrons. The maximum Gasteiger partial charge on any atom is 0.223 e. The third kappa shape index (κ3) is 5.04. The number of halogens is 1. The van der Waals surface area contributed by atoms with Crippen LogP contribution >= 0.6 is 11.6 Å². The first-order valence-corrected chi connectivity index (χ1v) is 6.24. The Morgan fingerprint density at radius 3 is 2.56 bits per heavy atom. The van der Waals surface area contributed by atoms with Crippen molar-refractivity contribution in [2.45, 2.75) is 31.9 Å². The Kier molecular flexibility index (Phi) is 6.12. The molecule has 0 saturated carbocycles. The van der Waals surface area contributed by atoms with E-state index >= 15 is 0 Å². The summed E-state index contributed by atoms with van der Waals surface area (Å²) in [5.74, 6) is -0.238. The summed E-state index contributed by atoms with van der Waals surface area (Å²) in [4.78, 5) is 11.6. The van der Waals surface area contributed by atoms with Gasteiger partial charge in [-0.25, -0.2) is 0 Å². The van der Waals surface area contributed by atoms with Gasteiger partial charge in [0.15, 0.2) is 0 Å². The fraction of sp³-hybridized carbons (Fsp3) is 0.462. The van der Waals surface area contributed by atoms with E-state index in [-0.39, 0.29) is 25.0 Å². The van der Waals surface area contributed by atoms with Gasteiger partial charge in [-0.05, 0) is 31.0 Å². The van der Waals surface area contributed by atoms with Crippen molar-refractivity contribution < 1.29 is 15.0 Å². The van der Waals surface area contributed by atoms with Gasteiger partial charge in [-0.15, -0.1) is 0 Å². The van der Waals surface area contributed by atoms with E-state index in [1.807, 2.05) is 6.92 Å². The Morgan fingerprint density at radius 2 is 2.00 bits per heavy atom. The molecule has 2 unspecified atom stereocenters. The number of aliphatic hydroxyl groups excluding tert-OH is 2.